The van der Waals surface area contributed by atoms with Crippen LogP contribution >= 0.6 is 0 Å². The molecule has 0 saturated heterocycles. The molecule has 4 heteroatoms. The van der Waals surface area contributed by atoms with Gasteiger partial charge in [-0.2, -0.15) is 0 Å². The van der Waals surface area contributed by atoms with E-state index in [2.05, 4.69) is 4.98 Å². The third-order valence-corrected chi connectivity index (χ3v) is 4.14. The molecule has 1 aromatic carbocycles. The van der Waals surface area contributed by atoms with E-state index in [0.717, 1.165) is 42.3 Å². The van der Waals surface area contributed by atoms with Crippen molar-refractivity contribution >= 4 is 17.0 Å². The van der Waals surface area contributed by atoms with Crippen molar-refractivity contribution < 1.29 is 9.90 Å². The molecule has 0 radical (unpaired) electrons. The standard InChI is InChI=1S/C14H16N2O2/c1-16-9-15-11-5-4-10(8-12(11)16)14(13(17)18)6-2-3-7-14/h4-5,8-9H,2-3,6-7H2,1H3,(H,17,18). The van der Waals surface area contributed by atoms with Gasteiger partial charge in [-0.25, -0.2) is 4.98 Å². The van der Waals surface area contributed by atoms with Gasteiger partial charge in [-0.3, -0.25) is 4.79 Å². The molecule has 18 heavy (non-hydrogen) atoms. The number of aliphatic carboxylic acids is 1. The molecule has 1 aliphatic rings. The maximum absolute atomic E-state index is 11.7. The summed E-state index contributed by atoms with van der Waals surface area (Å²) in [5.41, 5.74) is 2.15. The van der Waals surface area contributed by atoms with Crippen LogP contribution in [0.3, 0.4) is 0 Å². The molecule has 1 aliphatic carbocycles. The van der Waals surface area contributed by atoms with Crippen molar-refractivity contribution in [1.82, 2.24) is 9.55 Å². The Labute approximate surface area is 105 Å². The van der Waals surface area contributed by atoms with Gasteiger partial charge in [-0.15, -0.1) is 0 Å². The van der Waals surface area contributed by atoms with Crippen LogP contribution in [0.15, 0.2) is 24.5 Å². The number of carboxylic acids is 1. The lowest BCUT2D eigenvalue weighted by atomic mass is 9.79. The van der Waals surface area contributed by atoms with Crippen LogP contribution in [0.2, 0.25) is 0 Å². The van der Waals surface area contributed by atoms with Gasteiger partial charge in [0.1, 0.15) is 0 Å². The first-order valence-corrected chi connectivity index (χ1v) is 6.28. The largest absolute Gasteiger partial charge is 0.481 e. The second kappa shape index (κ2) is 3.83. The molecule has 94 valence electrons. The molecule has 1 fully saturated rings. The van der Waals surface area contributed by atoms with E-state index in [1.807, 2.05) is 29.8 Å². The lowest BCUT2D eigenvalue weighted by Gasteiger charge is -2.24. The summed E-state index contributed by atoms with van der Waals surface area (Å²) in [6, 6.07) is 5.84. The van der Waals surface area contributed by atoms with Crippen LogP contribution in [0.5, 0.6) is 0 Å². The Bertz CT molecular complexity index is 609. The average Bonchev–Trinajstić information content (AvgIpc) is 2.97. The summed E-state index contributed by atoms with van der Waals surface area (Å²) in [4.78, 5) is 15.9. The third-order valence-electron chi connectivity index (χ3n) is 4.14. The molecule has 0 unspecified atom stereocenters. The van der Waals surface area contributed by atoms with Crippen LogP contribution in [0.4, 0.5) is 0 Å². The number of fused-ring (bicyclic) bond motifs is 1. The van der Waals surface area contributed by atoms with Crippen molar-refractivity contribution in [2.75, 3.05) is 0 Å². The Morgan fingerprint density at radius 1 is 1.39 bits per heavy atom. The molecule has 0 spiro atoms. The summed E-state index contributed by atoms with van der Waals surface area (Å²) < 4.78 is 1.93. The molecule has 0 amide bonds. The molecule has 2 aromatic rings. The second-order valence-corrected chi connectivity index (χ2v) is 5.15. The summed E-state index contributed by atoms with van der Waals surface area (Å²) in [5, 5.41) is 9.59. The van der Waals surface area contributed by atoms with E-state index in [1.54, 1.807) is 6.33 Å². The van der Waals surface area contributed by atoms with Gasteiger partial charge in [-0.1, -0.05) is 18.9 Å². The highest BCUT2D eigenvalue weighted by Gasteiger charge is 2.42. The molecule has 4 nitrogen and oxygen atoms in total. The molecule has 0 atom stereocenters. The number of carbonyl (C=O) groups is 1. The van der Waals surface area contributed by atoms with E-state index >= 15 is 0 Å². The van der Waals surface area contributed by atoms with Crippen LogP contribution in [0, 0.1) is 0 Å². The smallest absolute Gasteiger partial charge is 0.314 e. The number of benzene rings is 1. The number of hydrogen-bond donors (Lipinski definition) is 1. The monoisotopic (exact) mass is 244 g/mol. The molecule has 1 aromatic heterocycles. The molecule has 1 heterocycles. The Morgan fingerprint density at radius 3 is 2.78 bits per heavy atom. The van der Waals surface area contributed by atoms with Gasteiger partial charge in [0.05, 0.1) is 22.8 Å². The van der Waals surface area contributed by atoms with E-state index in [-0.39, 0.29) is 0 Å². The molecular weight excluding hydrogens is 228 g/mol. The Kier molecular flexibility index (Phi) is 2.40. The predicted octanol–water partition coefficient (Wildman–Crippen LogP) is 2.47. The zero-order valence-corrected chi connectivity index (χ0v) is 10.4. The summed E-state index contributed by atoms with van der Waals surface area (Å²) in [5.74, 6) is -0.693. The maximum Gasteiger partial charge on any atom is 0.314 e. The van der Waals surface area contributed by atoms with Gasteiger partial charge in [0, 0.05) is 7.05 Å². The number of aryl methyl sites for hydroxylation is 1. The van der Waals surface area contributed by atoms with Crippen LogP contribution in [0.25, 0.3) is 11.0 Å². The van der Waals surface area contributed by atoms with Crippen LogP contribution in [0.1, 0.15) is 31.2 Å². The van der Waals surface area contributed by atoms with Crippen molar-refractivity contribution in [2.24, 2.45) is 7.05 Å². The van der Waals surface area contributed by atoms with Crippen molar-refractivity contribution in [3.05, 3.63) is 30.1 Å². The number of hydrogen-bond acceptors (Lipinski definition) is 2. The highest BCUT2D eigenvalue weighted by molar-refractivity contribution is 5.85. The van der Waals surface area contributed by atoms with Crippen LogP contribution < -0.4 is 0 Å². The summed E-state index contributed by atoms with van der Waals surface area (Å²) >= 11 is 0. The summed E-state index contributed by atoms with van der Waals surface area (Å²) in [7, 11) is 1.93. The summed E-state index contributed by atoms with van der Waals surface area (Å²) in [6.45, 7) is 0. The zero-order chi connectivity index (χ0) is 12.8. The first-order valence-electron chi connectivity index (χ1n) is 6.28. The van der Waals surface area contributed by atoms with Crippen LogP contribution in [-0.4, -0.2) is 20.6 Å². The predicted molar refractivity (Wildman–Crippen MR) is 68.5 cm³/mol. The second-order valence-electron chi connectivity index (χ2n) is 5.15. The van der Waals surface area contributed by atoms with Crippen LogP contribution in [-0.2, 0) is 17.3 Å². The quantitative estimate of drug-likeness (QED) is 0.882. The number of aromatic nitrogens is 2. The van der Waals surface area contributed by atoms with Gasteiger partial charge in [0.15, 0.2) is 0 Å². The van der Waals surface area contributed by atoms with E-state index in [9.17, 15) is 9.90 Å². The minimum atomic E-state index is -0.693. The molecule has 1 saturated carbocycles. The fraction of sp³-hybridized carbons (Fsp3) is 0.429. The van der Waals surface area contributed by atoms with Gasteiger partial charge in [0.25, 0.3) is 0 Å². The highest BCUT2D eigenvalue weighted by atomic mass is 16.4. The fourth-order valence-corrected chi connectivity index (χ4v) is 3.03. The highest BCUT2D eigenvalue weighted by Crippen LogP contribution is 2.42. The minimum absolute atomic E-state index is 0.682. The van der Waals surface area contributed by atoms with E-state index in [4.69, 9.17) is 0 Å². The van der Waals surface area contributed by atoms with E-state index < -0.39 is 11.4 Å². The molecular formula is C14H16N2O2. The number of carboxylic acid groups (broad SMARTS) is 1. The molecule has 0 aliphatic heterocycles. The van der Waals surface area contributed by atoms with Gasteiger partial charge in [-0.05, 0) is 30.5 Å². The molecule has 3 rings (SSSR count). The summed E-state index contributed by atoms with van der Waals surface area (Å²) in [6.07, 6.45) is 5.24. The van der Waals surface area contributed by atoms with Gasteiger partial charge < -0.3 is 9.67 Å². The molecule has 1 N–H and O–H groups in total. The van der Waals surface area contributed by atoms with Crippen molar-refractivity contribution in [3.8, 4) is 0 Å². The lowest BCUT2D eigenvalue weighted by Crippen LogP contribution is -2.32. The SMILES string of the molecule is Cn1cnc2ccc(C3(C(=O)O)CCCC3)cc21. The maximum atomic E-state index is 11.7. The van der Waals surface area contributed by atoms with Gasteiger partial charge >= 0.3 is 5.97 Å². The Hall–Kier alpha value is -1.84. The third kappa shape index (κ3) is 1.45. The number of rotatable bonds is 2. The topological polar surface area (TPSA) is 55.1 Å². The first kappa shape index (κ1) is 11.3. The lowest BCUT2D eigenvalue weighted by molar-refractivity contribution is -0.143. The fourth-order valence-electron chi connectivity index (χ4n) is 3.03. The first-order chi connectivity index (χ1) is 8.63. The van der Waals surface area contributed by atoms with E-state index in [1.165, 1.54) is 0 Å². The normalized spacial score (nSPS) is 18.3. The van der Waals surface area contributed by atoms with Crippen molar-refractivity contribution in [2.45, 2.75) is 31.1 Å². The van der Waals surface area contributed by atoms with Crippen molar-refractivity contribution in [3.63, 3.8) is 0 Å². The van der Waals surface area contributed by atoms with E-state index in [0.29, 0.717) is 0 Å². The Balaban J connectivity index is 2.17. The molecule has 0 bridgehead atoms. The van der Waals surface area contributed by atoms with Crippen molar-refractivity contribution in [1.29, 1.82) is 0 Å². The Morgan fingerprint density at radius 2 is 2.11 bits per heavy atom. The van der Waals surface area contributed by atoms with Gasteiger partial charge in [0.2, 0.25) is 0 Å². The number of nitrogens with zero attached hydrogens (tertiary/aromatic N) is 2. The number of imidazole rings is 1. The zero-order valence-electron chi connectivity index (χ0n) is 10.4. The minimum Gasteiger partial charge on any atom is -0.481 e. The average molecular weight is 244 g/mol.